The van der Waals surface area contributed by atoms with E-state index in [4.69, 9.17) is 9.47 Å². The summed E-state index contributed by atoms with van der Waals surface area (Å²) in [6.07, 6.45) is 3.12. The van der Waals surface area contributed by atoms with Crippen LogP contribution in [0.4, 0.5) is 0 Å². The van der Waals surface area contributed by atoms with E-state index in [1.165, 1.54) is 10.4 Å². The van der Waals surface area contributed by atoms with Gasteiger partial charge in [0.1, 0.15) is 0 Å². The first kappa shape index (κ1) is 15.9. The Bertz CT molecular complexity index is 708. The molecule has 1 aromatic carbocycles. The maximum absolute atomic E-state index is 12.4. The first-order valence-electron chi connectivity index (χ1n) is 7.99. The van der Waals surface area contributed by atoms with Crippen molar-refractivity contribution < 1.29 is 14.3 Å². The standard InChI is InChI=1S/C18H21NO3S/c1-3-5-16-13(4-2)9-17(23-16)18(20)19-10-12-6-7-14-15(8-12)22-11-21-14/h6-9H,3-5,10-11H2,1-2H3,(H,19,20). The number of carbonyl (C=O) groups excluding carboxylic acids is 1. The van der Waals surface area contributed by atoms with Crippen LogP contribution in [-0.4, -0.2) is 12.7 Å². The number of amides is 1. The van der Waals surface area contributed by atoms with Crippen molar-refractivity contribution in [3.05, 3.63) is 45.1 Å². The van der Waals surface area contributed by atoms with Gasteiger partial charge in [0.25, 0.3) is 5.91 Å². The van der Waals surface area contributed by atoms with Crippen LogP contribution in [0.3, 0.4) is 0 Å². The molecule has 0 aliphatic carbocycles. The summed E-state index contributed by atoms with van der Waals surface area (Å²) in [5.41, 5.74) is 2.30. The van der Waals surface area contributed by atoms with Crippen LogP contribution in [0.15, 0.2) is 24.3 Å². The Morgan fingerprint density at radius 1 is 1.22 bits per heavy atom. The molecule has 1 aromatic heterocycles. The molecular weight excluding hydrogens is 310 g/mol. The molecule has 1 aliphatic heterocycles. The van der Waals surface area contributed by atoms with Crippen molar-refractivity contribution in [3.63, 3.8) is 0 Å². The molecule has 0 unspecified atom stereocenters. The van der Waals surface area contributed by atoms with Crippen molar-refractivity contribution in [1.29, 1.82) is 0 Å². The lowest BCUT2D eigenvalue weighted by Crippen LogP contribution is -2.21. The summed E-state index contributed by atoms with van der Waals surface area (Å²) >= 11 is 1.62. The SMILES string of the molecule is CCCc1sc(C(=O)NCc2ccc3c(c2)OCO3)cc1CC. The average Bonchev–Trinajstić information content (AvgIpc) is 3.18. The van der Waals surface area contributed by atoms with Crippen molar-refractivity contribution in [2.45, 2.75) is 39.7 Å². The number of thiophene rings is 1. The van der Waals surface area contributed by atoms with Crippen LogP contribution in [0.5, 0.6) is 11.5 Å². The van der Waals surface area contributed by atoms with Gasteiger partial charge >= 0.3 is 0 Å². The average molecular weight is 331 g/mol. The Morgan fingerprint density at radius 3 is 2.83 bits per heavy atom. The highest BCUT2D eigenvalue weighted by molar-refractivity contribution is 7.14. The van der Waals surface area contributed by atoms with Crippen molar-refractivity contribution in [2.75, 3.05) is 6.79 Å². The van der Waals surface area contributed by atoms with E-state index in [1.807, 2.05) is 24.3 Å². The summed E-state index contributed by atoms with van der Waals surface area (Å²) in [5, 5.41) is 2.99. The third-order valence-corrected chi connectivity index (χ3v) is 5.10. The van der Waals surface area contributed by atoms with Crippen molar-refractivity contribution in [3.8, 4) is 11.5 Å². The minimum absolute atomic E-state index is 0.00952. The third-order valence-electron chi connectivity index (χ3n) is 3.87. The number of carbonyl (C=O) groups is 1. The lowest BCUT2D eigenvalue weighted by atomic mass is 10.1. The smallest absolute Gasteiger partial charge is 0.261 e. The molecule has 1 amide bonds. The minimum atomic E-state index is -0.00952. The van der Waals surface area contributed by atoms with Crippen LogP contribution < -0.4 is 14.8 Å². The van der Waals surface area contributed by atoms with Crippen LogP contribution in [0, 0.1) is 0 Å². The molecule has 23 heavy (non-hydrogen) atoms. The fraction of sp³-hybridized carbons (Fsp3) is 0.389. The summed E-state index contributed by atoms with van der Waals surface area (Å²) in [6.45, 7) is 5.05. The van der Waals surface area contributed by atoms with E-state index in [0.29, 0.717) is 6.54 Å². The van der Waals surface area contributed by atoms with Gasteiger partial charge in [-0.1, -0.05) is 26.3 Å². The zero-order chi connectivity index (χ0) is 16.2. The second-order valence-electron chi connectivity index (χ2n) is 5.53. The summed E-state index contributed by atoms with van der Waals surface area (Å²) in [6, 6.07) is 7.77. The monoisotopic (exact) mass is 331 g/mol. The van der Waals surface area contributed by atoms with E-state index in [-0.39, 0.29) is 12.7 Å². The minimum Gasteiger partial charge on any atom is -0.454 e. The van der Waals surface area contributed by atoms with Crippen LogP contribution in [-0.2, 0) is 19.4 Å². The number of hydrogen-bond donors (Lipinski definition) is 1. The Balaban J connectivity index is 1.65. The second kappa shape index (κ2) is 7.04. The number of benzene rings is 1. The Morgan fingerprint density at radius 2 is 2.04 bits per heavy atom. The maximum atomic E-state index is 12.4. The fourth-order valence-electron chi connectivity index (χ4n) is 2.64. The van der Waals surface area contributed by atoms with Crippen molar-refractivity contribution in [1.82, 2.24) is 5.32 Å². The zero-order valence-electron chi connectivity index (χ0n) is 13.5. The molecule has 4 nitrogen and oxygen atoms in total. The van der Waals surface area contributed by atoms with Gasteiger partial charge in [-0.2, -0.15) is 0 Å². The highest BCUT2D eigenvalue weighted by Crippen LogP contribution is 2.32. The van der Waals surface area contributed by atoms with Crippen LogP contribution in [0.1, 0.15) is 45.9 Å². The van der Waals surface area contributed by atoms with Gasteiger partial charge in [-0.15, -0.1) is 11.3 Å². The number of fused-ring (bicyclic) bond motifs is 1. The predicted molar refractivity (Wildman–Crippen MR) is 91.4 cm³/mol. The number of ether oxygens (including phenoxy) is 2. The molecule has 0 radical (unpaired) electrons. The molecule has 122 valence electrons. The lowest BCUT2D eigenvalue weighted by molar-refractivity contribution is 0.0955. The molecule has 3 rings (SSSR count). The van der Waals surface area contributed by atoms with Crippen molar-refractivity contribution in [2.24, 2.45) is 0 Å². The fourth-order valence-corrected chi connectivity index (χ4v) is 3.91. The highest BCUT2D eigenvalue weighted by Gasteiger charge is 2.15. The Hall–Kier alpha value is -2.01. The summed E-state index contributed by atoms with van der Waals surface area (Å²) < 4.78 is 10.6. The molecule has 1 N–H and O–H groups in total. The zero-order valence-corrected chi connectivity index (χ0v) is 14.3. The summed E-state index contributed by atoms with van der Waals surface area (Å²) in [4.78, 5) is 14.5. The summed E-state index contributed by atoms with van der Waals surface area (Å²) in [5.74, 6) is 1.49. The molecule has 0 spiro atoms. The number of hydrogen-bond acceptors (Lipinski definition) is 4. The van der Waals surface area contributed by atoms with E-state index in [0.717, 1.165) is 41.2 Å². The van der Waals surface area contributed by atoms with Gasteiger partial charge in [0.05, 0.1) is 4.88 Å². The first-order chi connectivity index (χ1) is 11.2. The molecule has 5 heteroatoms. The Labute approximate surface area is 140 Å². The molecular formula is C18H21NO3S. The second-order valence-corrected chi connectivity index (χ2v) is 6.67. The lowest BCUT2D eigenvalue weighted by Gasteiger charge is -2.05. The predicted octanol–water partition coefficient (Wildman–Crippen LogP) is 3.92. The molecule has 0 bridgehead atoms. The normalized spacial score (nSPS) is 12.4. The van der Waals surface area contributed by atoms with Gasteiger partial charge in [0.2, 0.25) is 6.79 Å². The van der Waals surface area contributed by atoms with Gasteiger partial charge in [-0.3, -0.25) is 4.79 Å². The van der Waals surface area contributed by atoms with Crippen LogP contribution >= 0.6 is 11.3 Å². The molecule has 2 heterocycles. The maximum Gasteiger partial charge on any atom is 0.261 e. The van der Waals surface area contributed by atoms with Gasteiger partial charge in [0, 0.05) is 11.4 Å². The van der Waals surface area contributed by atoms with E-state index in [2.05, 4.69) is 19.2 Å². The first-order valence-corrected chi connectivity index (χ1v) is 8.81. The number of aryl methyl sites for hydroxylation is 2. The molecule has 0 atom stereocenters. The van der Waals surface area contributed by atoms with Crippen molar-refractivity contribution >= 4 is 17.2 Å². The van der Waals surface area contributed by atoms with Gasteiger partial charge in [-0.05, 0) is 42.2 Å². The van der Waals surface area contributed by atoms with Gasteiger partial charge in [0.15, 0.2) is 11.5 Å². The van der Waals surface area contributed by atoms with Crippen LogP contribution in [0.2, 0.25) is 0 Å². The molecule has 0 saturated carbocycles. The molecule has 0 saturated heterocycles. The number of rotatable bonds is 6. The van der Waals surface area contributed by atoms with Gasteiger partial charge in [-0.25, -0.2) is 0 Å². The topological polar surface area (TPSA) is 47.6 Å². The number of nitrogens with one attached hydrogen (secondary N) is 1. The van der Waals surface area contributed by atoms with E-state index >= 15 is 0 Å². The van der Waals surface area contributed by atoms with E-state index in [9.17, 15) is 4.79 Å². The quantitative estimate of drug-likeness (QED) is 0.873. The van der Waals surface area contributed by atoms with E-state index in [1.54, 1.807) is 11.3 Å². The third kappa shape index (κ3) is 3.50. The largest absolute Gasteiger partial charge is 0.454 e. The van der Waals surface area contributed by atoms with E-state index < -0.39 is 0 Å². The van der Waals surface area contributed by atoms with Crippen LogP contribution in [0.25, 0.3) is 0 Å². The highest BCUT2D eigenvalue weighted by atomic mass is 32.1. The summed E-state index contributed by atoms with van der Waals surface area (Å²) in [7, 11) is 0. The Kier molecular flexibility index (Phi) is 4.86. The van der Waals surface area contributed by atoms with Gasteiger partial charge < -0.3 is 14.8 Å². The molecule has 0 fully saturated rings. The molecule has 2 aromatic rings. The molecule has 1 aliphatic rings.